The number of rotatable bonds is 1. The fraction of sp³-hybridized carbons (Fsp3) is 0.111. The van der Waals surface area contributed by atoms with Crippen LogP contribution < -0.4 is 0 Å². The molecule has 0 aliphatic heterocycles. The number of fused-ring (bicyclic) bond motifs is 1. The second kappa shape index (κ2) is 3.28. The van der Waals surface area contributed by atoms with Gasteiger partial charge in [-0.05, 0) is 6.92 Å². The topological polar surface area (TPSA) is 71.8 Å². The van der Waals surface area contributed by atoms with E-state index in [4.69, 9.17) is 11.6 Å². The molecule has 0 radical (unpaired) electrons. The highest BCUT2D eigenvalue weighted by Crippen LogP contribution is 2.22. The molecular formula is C9H7ClN6. The normalized spacial score (nSPS) is 11.1. The van der Waals surface area contributed by atoms with Gasteiger partial charge in [0.1, 0.15) is 5.15 Å². The number of nitrogens with zero attached hydrogens (tertiary/aromatic N) is 5. The summed E-state index contributed by atoms with van der Waals surface area (Å²) in [6.07, 6.45) is 4.86. The summed E-state index contributed by atoms with van der Waals surface area (Å²) in [6.45, 7) is 1.92. The van der Waals surface area contributed by atoms with E-state index in [9.17, 15) is 0 Å². The van der Waals surface area contributed by atoms with E-state index in [1.807, 2.05) is 6.92 Å². The van der Waals surface area contributed by atoms with E-state index in [-0.39, 0.29) is 0 Å². The van der Waals surface area contributed by atoms with Crippen molar-refractivity contribution in [3.05, 3.63) is 29.4 Å². The van der Waals surface area contributed by atoms with Crippen molar-refractivity contribution in [3.8, 4) is 11.4 Å². The molecule has 0 spiro atoms. The summed E-state index contributed by atoms with van der Waals surface area (Å²) in [5.74, 6) is 0.661. The summed E-state index contributed by atoms with van der Waals surface area (Å²) in [7, 11) is 0. The van der Waals surface area contributed by atoms with Crippen LogP contribution >= 0.6 is 11.6 Å². The van der Waals surface area contributed by atoms with Crippen molar-refractivity contribution in [2.75, 3.05) is 0 Å². The minimum atomic E-state index is 0.470. The monoisotopic (exact) mass is 234 g/mol. The molecule has 0 aromatic carbocycles. The summed E-state index contributed by atoms with van der Waals surface area (Å²) in [6, 6.07) is 0. The third kappa shape index (κ3) is 1.20. The van der Waals surface area contributed by atoms with Gasteiger partial charge in [0.2, 0.25) is 0 Å². The molecule has 0 saturated heterocycles. The van der Waals surface area contributed by atoms with Crippen molar-refractivity contribution in [2.24, 2.45) is 0 Å². The van der Waals surface area contributed by atoms with Crippen molar-refractivity contribution in [1.82, 2.24) is 29.8 Å². The first kappa shape index (κ1) is 9.29. The van der Waals surface area contributed by atoms with Crippen molar-refractivity contribution < 1.29 is 0 Å². The van der Waals surface area contributed by atoms with Gasteiger partial charge in [-0.3, -0.25) is 14.5 Å². The molecule has 0 aliphatic carbocycles. The van der Waals surface area contributed by atoms with Crippen molar-refractivity contribution in [1.29, 1.82) is 0 Å². The second-order valence-corrected chi connectivity index (χ2v) is 3.74. The summed E-state index contributed by atoms with van der Waals surface area (Å²) in [5.41, 5.74) is 2.41. The Morgan fingerprint density at radius 3 is 2.88 bits per heavy atom. The maximum Gasteiger partial charge on any atom is 0.180 e. The van der Waals surface area contributed by atoms with Gasteiger partial charge in [-0.2, -0.15) is 5.10 Å². The van der Waals surface area contributed by atoms with Crippen LogP contribution in [-0.2, 0) is 0 Å². The van der Waals surface area contributed by atoms with Crippen LogP contribution in [0.15, 0.2) is 18.6 Å². The average molecular weight is 235 g/mol. The fourth-order valence-electron chi connectivity index (χ4n) is 1.56. The van der Waals surface area contributed by atoms with Crippen molar-refractivity contribution in [2.45, 2.75) is 6.92 Å². The van der Waals surface area contributed by atoms with Crippen LogP contribution in [0.4, 0.5) is 0 Å². The van der Waals surface area contributed by atoms with Crippen LogP contribution in [-0.4, -0.2) is 29.8 Å². The molecule has 3 aromatic heterocycles. The van der Waals surface area contributed by atoms with Crippen LogP contribution in [0.5, 0.6) is 0 Å². The lowest BCUT2D eigenvalue weighted by Gasteiger charge is -1.99. The molecule has 0 aliphatic rings. The van der Waals surface area contributed by atoms with Crippen LogP contribution in [0.1, 0.15) is 5.69 Å². The Morgan fingerprint density at radius 2 is 2.12 bits per heavy atom. The number of hydrogen-bond acceptors (Lipinski definition) is 4. The maximum atomic E-state index is 6.06. The molecule has 7 heteroatoms. The van der Waals surface area contributed by atoms with Crippen LogP contribution in [0.3, 0.4) is 0 Å². The zero-order valence-electron chi connectivity index (χ0n) is 8.35. The molecule has 1 N–H and O–H groups in total. The Hall–Kier alpha value is -1.95. The Morgan fingerprint density at radius 1 is 1.25 bits per heavy atom. The fourth-order valence-corrected chi connectivity index (χ4v) is 1.79. The Kier molecular flexibility index (Phi) is 1.90. The molecule has 3 rings (SSSR count). The second-order valence-electron chi connectivity index (χ2n) is 3.36. The third-order valence-corrected chi connectivity index (χ3v) is 2.61. The first-order valence-corrected chi connectivity index (χ1v) is 5.00. The molecule has 0 fully saturated rings. The highest BCUT2D eigenvalue weighted by Gasteiger charge is 2.13. The van der Waals surface area contributed by atoms with Gasteiger partial charge in [-0.25, -0.2) is 0 Å². The van der Waals surface area contributed by atoms with E-state index in [1.54, 1.807) is 23.0 Å². The van der Waals surface area contributed by atoms with E-state index in [1.165, 1.54) is 0 Å². The summed E-state index contributed by atoms with van der Waals surface area (Å²) < 4.78 is 1.73. The zero-order valence-corrected chi connectivity index (χ0v) is 9.10. The number of aryl methyl sites for hydroxylation is 1. The van der Waals surface area contributed by atoms with E-state index in [2.05, 4.69) is 25.4 Å². The van der Waals surface area contributed by atoms with E-state index < -0.39 is 0 Å². The summed E-state index contributed by atoms with van der Waals surface area (Å²) >= 11 is 6.06. The molecule has 0 atom stereocenters. The lowest BCUT2D eigenvalue weighted by atomic mass is 10.2. The van der Waals surface area contributed by atoms with E-state index in [0.717, 1.165) is 11.3 Å². The third-order valence-electron chi connectivity index (χ3n) is 2.34. The summed E-state index contributed by atoms with van der Waals surface area (Å²) in [4.78, 5) is 3.95. The number of nitrogens with one attached hydrogen (secondary N) is 1. The lowest BCUT2D eigenvalue weighted by molar-refractivity contribution is 1.04. The van der Waals surface area contributed by atoms with Gasteiger partial charge in [0, 0.05) is 5.69 Å². The predicted octanol–water partition coefficient (Wildman–Crippen LogP) is 1.48. The molecule has 0 bridgehead atoms. The minimum Gasteiger partial charge on any atom is -0.282 e. The number of aromatic amines is 1. The lowest BCUT2D eigenvalue weighted by Crippen LogP contribution is -1.92. The Labute approximate surface area is 95.3 Å². The minimum absolute atomic E-state index is 0.470. The molecule has 16 heavy (non-hydrogen) atoms. The van der Waals surface area contributed by atoms with Crippen LogP contribution in [0.2, 0.25) is 5.15 Å². The molecule has 6 nitrogen and oxygen atoms in total. The van der Waals surface area contributed by atoms with Crippen molar-refractivity contribution in [3.63, 3.8) is 0 Å². The molecular weight excluding hydrogens is 228 g/mol. The smallest absolute Gasteiger partial charge is 0.180 e. The summed E-state index contributed by atoms with van der Waals surface area (Å²) in [5, 5.41) is 15.4. The maximum absolute atomic E-state index is 6.06. The van der Waals surface area contributed by atoms with Gasteiger partial charge in [0.25, 0.3) is 0 Å². The number of aromatic nitrogens is 6. The molecule has 0 unspecified atom stereocenters. The molecule has 80 valence electrons. The Bertz CT molecular complexity index is 655. The SMILES string of the molecule is Cc1[nH]ncc1-c1nnc2cncc(Cl)n12. The van der Waals surface area contributed by atoms with Gasteiger partial charge >= 0.3 is 0 Å². The number of H-pyrrole nitrogens is 1. The largest absolute Gasteiger partial charge is 0.282 e. The number of hydrogen-bond donors (Lipinski definition) is 1. The van der Waals surface area contributed by atoms with E-state index in [0.29, 0.717) is 16.6 Å². The van der Waals surface area contributed by atoms with Gasteiger partial charge in [0.05, 0.1) is 24.2 Å². The average Bonchev–Trinajstić information content (AvgIpc) is 2.84. The van der Waals surface area contributed by atoms with Crippen molar-refractivity contribution >= 4 is 17.2 Å². The number of halogens is 1. The van der Waals surface area contributed by atoms with Gasteiger partial charge < -0.3 is 0 Å². The highest BCUT2D eigenvalue weighted by molar-refractivity contribution is 6.29. The zero-order chi connectivity index (χ0) is 11.1. The molecule has 0 saturated carbocycles. The van der Waals surface area contributed by atoms with Gasteiger partial charge in [0.15, 0.2) is 11.5 Å². The predicted molar refractivity (Wildman–Crippen MR) is 58.1 cm³/mol. The first-order valence-electron chi connectivity index (χ1n) is 4.62. The molecule has 3 heterocycles. The van der Waals surface area contributed by atoms with E-state index >= 15 is 0 Å². The molecule has 3 aromatic rings. The first-order chi connectivity index (χ1) is 7.77. The van der Waals surface area contributed by atoms with Gasteiger partial charge in [-0.1, -0.05) is 11.6 Å². The quantitative estimate of drug-likeness (QED) is 0.692. The van der Waals surface area contributed by atoms with Gasteiger partial charge in [-0.15, -0.1) is 10.2 Å². The highest BCUT2D eigenvalue weighted by atomic mass is 35.5. The Balaban J connectivity index is 2.37. The standard InChI is InChI=1S/C9H7ClN6/c1-5-6(2-12-13-5)9-15-14-8-4-11-3-7(10)16(8)9/h2-4H,1H3,(H,12,13). The van der Waals surface area contributed by atoms with Crippen LogP contribution in [0.25, 0.3) is 17.0 Å². The van der Waals surface area contributed by atoms with Crippen LogP contribution in [0, 0.1) is 6.92 Å². The molecule has 0 amide bonds.